The van der Waals surface area contributed by atoms with Crippen LogP contribution in [0.25, 0.3) is 0 Å². The molecule has 0 unspecified atom stereocenters. The summed E-state index contributed by atoms with van der Waals surface area (Å²) in [5, 5.41) is 0. The Morgan fingerprint density at radius 3 is 2.56 bits per heavy atom. The molecule has 0 radical (unpaired) electrons. The van der Waals surface area contributed by atoms with Crippen LogP contribution in [-0.4, -0.2) is 18.2 Å². The Labute approximate surface area is 105 Å². The Hall–Kier alpha value is -1.65. The van der Waals surface area contributed by atoms with Crippen molar-refractivity contribution in [1.82, 2.24) is 0 Å². The van der Waals surface area contributed by atoms with Gasteiger partial charge in [0.2, 0.25) is 0 Å². The van der Waals surface area contributed by atoms with Crippen LogP contribution in [-0.2, 0) is 9.53 Å². The largest absolute Gasteiger partial charge is 0.490 e. The van der Waals surface area contributed by atoms with E-state index in [0.717, 1.165) is 18.2 Å². The van der Waals surface area contributed by atoms with Crippen molar-refractivity contribution in [2.75, 3.05) is 6.61 Å². The molecule has 0 aliphatic carbocycles. The van der Waals surface area contributed by atoms with Crippen molar-refractivity contribution >= 4 is 5.97 Å². The Morgan fingerprint density at radius 1 is 1.28 bits per heavy atom. The van der Waals surface area contributed by atoms with Crippen LogP contribution in [0.5, 0.6) is 5.75 Å². The Bertz CT molecular complexity index is 425. The fourth-order valence-electron chi connectivity index (χ4n) is 1.22. The van der Waals surface area contributed by atoms with Gasteiger partial charge in [-0.15, -0.1) is 0 Å². The molecule has 0 heterocycles. The molecule has 0 spiro atoms. The number of hydrogen-bond donors (Lipinski definition) is 0. The van der Waals surface area contributed by atoms with Gasteiger partial charge in [0.25, 0.3) is 0 Å². The Morgan fingerprint density at radius 2 is 1.94 bits per heavy atom. The minimum atomic E-state index is -0.666. The highest BCUT2D eigenvalue weighted by atomic mass is 19.1. The number of carbonyl (C=O) groups is 1. The van der Waals surface area contributed by atoms with Gasteiger partial charge in [-0.2, -0.15) is 0 Å². The second-order valence-electron chi connectivity index (χ2n) is 4.76. The van der Waals surface area contributed by atoms with E-state index in [1.807, 2.05) is 0 Å². The molecule has 0 saturated carbocycles. The molecule has 18 heavy (non-hydrogen) atoms. The van der Waals surface area contributed by atoms with E-state index in [9.17, 15) is 13.6 Å². The number of hydrogen-bond acceptors (Lipinski definition) is 3. The van der Waals surface area contributed by atoms with Crippen LogP contribution < -0.4 is 4.74 Å². The van der Waals surface area contributed by atoms with Crippen molar-refractivity contribution in [3.63, 3.8) is 0 Å². The van der Waals surface area contributed by atoms with Crippen molar-refractivity contribution < 1.29 is 23.0 Å². The topological polar surface area (TPSA) is 35.5 Å². The average Bonchev–Trinajstić information content (AvgIpc) is 2.20. The Balaban J connectivity index is 2.42. The molecule has 100 valence electrons. The highest BCUT2D eigenvalue weighted by Gasteiger charge is 2.16. The maximum Gasteiger partial charge on any atom is 0.309 e. The lowest BCUT2D eigenvalue weighted by atomic mass is 10.2. The quantitative estimate of drug-likeness (QED) is 0.778. The monoisotopic (exact) mass is 258 g/mol. The third-order valence-electron chi connectivity index (χ3n) is 1.88. The van der Waals surface area contributed by atoms with E-state index in [1.165, 1.54) is 0 Å². The smallest absolute Gasteiger partial charge is 0.309 e. The summed E-state index contributed by atoms with van der Waals surface area (Å²) in [6.45, 7) is 5.18. The maximum absolute atomic E-state index is 13.2. The molecule has 5 heteroatoms. The summed E-state index contributed by atoms with van der Waals surface area (Å²) >= 11 is 0. The number of benzene rings is 1. The highest BCUT2D eigenvalue weighted by molar-refractivity contribution is 5.69. The molecular formula is C13H16F2O3. The van der Waals surface area contributed by atoms with Gasteiger partial charge < -0.3 is 9.47 Å². The van der Waals surface area contributed by atoms with E-state index in [-0.39, 0.29) is 18.8 Å². The number of esters is 1. The molecule has 1 aromatic rings. The van der Waals surface area contributed by atoms with Gasteiger partial charge in [0.15, 0.2) is 11.6 Å². The molecule has 0 atom stereocenters. The van der Waals surface area contributed by atoms with Crippen LogP contribution in [0.4, 0.5) is 8.78 Å². The van der Waals surface area contributed by atoms with Crippen molar-refractivity contribution in [3.05, 3.63) is 29.8 Å². The first-order chi connectivity index (χ1) is 8.28. The summed E-state index contributed by atoms with van der Waals surface area (Å²) in [4.78, 5) is 11.3. The van der Waals surface area contributed by atoms with Crippen molar-refractivity contribution in [1.29, 1.82) is 0 Å². The van der Waals surface area contributed by atoms with Crippen molar-refractivity contribution in [3.8, 4) is 5.75 Å². The van der Waals surface area contributed by atoms with E-state index in [0.29, 0.717) is 0 Å². The molecular weight excluding hydrogens is 242 g/mol. The van der Waals surface area contributed by atoms with Gasteiger partial charge in [-0.25, -0.2) is 8.78 Å². The van der Waals surface area contributed by atoms with Crippen LogP contribution in [0.3, 0.4) is 0 Å². The third kappa shape index (κ3) is 5.12. The molecule has 0 aliphatic heterocycles. The molecule has 0 aliphatic rings. The van der Waals surface area contributed by atoms with Crippen LogP contribution in [0, 0.1) is 11.6 Å². The van der Waals surface area contributed by atoms with Gasteiger partial charge in [-0.3, -0.25) is 4.79 Å². The van der Waals surface area contributed by atoms with Gasteiger partial charge in [0, 0.05) is 6.07 Å². The zero-order valence-corrected chi connectivity index (χ0v) is 10.6. The number of rotatable bonds is 4. The summed E-state index contributed by atoms with van der Waals surface area (Å²) in [5.41, 5.74) is -0.568. The summed E-state index contributed by atoms with van der Waals surface area (Å²) in [6, 6.07) is 2.90. The molecule has 0 saturated heterocycles. The van der Waals surface area contributed by atoms with Gasteiger partial charge in [0.1, 0.15) is 11.4 Å². The van der Waals surface area contributed by atoms with Gasteiger partial charge >= 0.3 is 5.97 Å². The predicted molar refractivity (Wildman–Crippen MR) is 62.3 cm³/mol. The van der Waals surface area contributed by atoms with Gasteiger partial charge in [0.05, 0.1) is 13.0 Å². The minimum Gasteiger partial charge on any atom is -0.490 e. The molecule has 0 N–H and O–H groups in total. The first-order valence-electron chi connectivity index (χ1n) is 5.57. The zero-order valence-electron chi connectivity index (χ0n) is 10.6. The van der Waals surface area contributed by atoms with Crippen LogP contribution >= 0.6 is 0 Å². The Kier molecular flexibility index (Phi) is 4.64. The molecule has 0 aromatic heterocycles. The standard InChI is InChI=1S/C13H16F2O3/c1-13(2,3)18-12(16)6-7-17-11-8-9(14)4-5-10(11)15/h4-5,8H,6-7H2,1-3H3. The zero-order chi connectivity index (χ0) is 13.8. The van der Waals surface area contributed by atoms with E-state index in [4.69, 9.17) is 9.47 Å². The fourth-order valence-corrected chi connectivity index (χ4v) is 1.22. The predicted octanol–water partition coefficient (Wildman–Crippen LogP) is 3.08. The van der Waals surface area contributed by atoms with E-state index in [2.05, 4.69) is 0 Å². The normalized spacial score (nSPS) is 11.2. The summed E-state index contributed by atoms with van der Waals surface area (Å²) in [5.74, 6) is -1.91. The van der Waals surface area contributed by atoms with Crippen molar-refractivity contribution in [2.45, 2.75) is 32.8 Å². The first kappa shape index (κ1) is 14.4. The second-order valence-corrected chi connectivity index (χ2v) is 4.76. The van der Waals surface area contributed by atoms with Gasteiger partial charge in [-0.05, 0) is 32.9 Å². The molecule has 1 aromatic carbocycles. The minimum absolute atomic E-state index is 0.0206. The van der Waals surface area contributed by atoms with E-state index >= 15 is 0 Å². The molecule has 0 amide bonds. The summed E-state index contributed by atoms with van der Waals surface area (Å²) in [6.07, 6.45) is -0.0206. The summed E-state index contributed by atoms with van der Waals surface area (Å²) < 4.78 is 36.0. The fraction of sp³-hybridized carbons (Fsp3) is 0.462. The summed E-state index contributed by atoms with van der Waals surface area (Å²) in [7, 11) is 0. The molecule has 3 nitrogen and oxygen atoms in total. The van der Waals surface area contributed by atoms with Gasteiger partial charge in [-0.1, -0.05) is 0 Å². The highest BCUT2D eigenvalue weighted by Crippen LogP contribution is 2.18. The van der Waals surface area contributed by atoms with E-state index < -0.39 is 23.2 Å². The maximum atomic E-state index is 13.2. The number of ether oxygens (including phenoxy) is 2. The molecule has 0 fully saturated rings. The van der Waals surface area contributed by atoms with Crippen LogP contribution in [0.15, 0.2) is 18.2 Å². The SMILES string of the molecule is CC(C)(C)OC(=O)CCOc1cc(F)ccc1F. The number of halogens is 2. The number of carbonyl (C=O) groups excluding carboxylic acids is 1. The lowest BCUT2D eigenvalue weighted by molar-refractivity contribution is -0.155. The van der Waals surface area contributed by atoms with Crippen molar-refractivity contribution in [2.24, 2.45) is 0 Å². The molecule has 1 rings (SSSR count). The first-order valence-corrected chi connectivity index (χ1v) is 5.57. The lowest BCUT2D eigenvalue weighted by Crippen LogP contribution is -2.24. The third-order valence-corrected chi connectivity index (χ3v) is 1.88. The average molecular weight is 258 g/mol. The van der Waals surface area contributed by atoms with E-state index in [1.54, 1.807) is 20.8 Å². The second kappa shape index (κ2) is 5.80. The van der Waals surface area contributed by atoms with Crippen LogP contribution in [0.1, 0.15) is 27.2 Å². The molecule has 0 bridgehead atoms. The lowest BCUT2D eigenvalue weighted by Gasteiger charge is -2.19. The van der Waals surface area contributed by atoms with Crippen LogP contribution in [0.2, 0.25) is 0 Å².